The Hall–Kier alpha value is -10.1. The van der Waals surface area contributed by atoms with Gasteiger partial charge in [-0.1, -0.05) is 268 Å². The molecular weight excluding hydrogens is 1370 g/mol. The lowest BCUT2D eigenvalue weighted by Crippen LogP contribution is -2.19. The predicted octanol–water partition coefficient (Wildman–Crippen LogP) is 30.0. The molecule has 0 aliphatic carbocycles. The molecule has 0 fully saturated rings. The summed E-state index contributed by atoms with van der Waals surface area (Å²) in [6.45, 7) is 70.2. The van der Waals surface area contributed by atoms with E-state index in [1.165, 1.54) is 66.4 Å². The van der Waals surface area contributed by atoms with Gasteiger partial charge in [-0.2, -0.15) is 5.26 Å². The van der Waals surface area contributed by atoms with Gasteiger partial charge in [-0.05, 0) is 231 Å². The minimum Gasteiger partial charge on any atom is -0.306 e. The van der Waals surface area contributed by atoms with Crippen LogP contribution in [0, 0.1) is 11.3 Å². The number of hydrogen-bond acceptors (Lipinski definition) is 1. The number of benzene rings is 11. The molecule has 0 saturated carbocycles. The molecule has 0 aliphatic rings. The quantitative estimate of drug-likeness (QED) is 0.169. The predicted molar refractivity (Wildman–Crippen MR) is 490 cm³/mol. The van der Waals surface area contributed by atoms with Crippen LogP contribution >= 0.6 is 0 Å². The van der Waals surface area contributed by atoms with Crippen molar-refractivity contribution in [1.29, 1.82) is 5.26 Å². The first-order valence-corrected chi connectivity index (χ1v) is 41.5. The number of fused-ring (bicyclic) bond motifs is 15. The van der Waals surface area contributed by atoms with Crippen molar-refractivity contribution in [1.82, 2.24) is 22.8 Å². The van der Waals surface area contributed by atoms with Gasteiger partial charge >= 0.3 is 0 Å². The summed E-state index contributed by atoms with van der Waals surface area (Å²) >= 11 is 0. The number of nitriles is 1. The molecule has 0 bridgehead atoms. The lowest BCUT2D eigenvalue weighted by Gasteiger charge is -2.30. The Morgan fingerprint density at radius 2 is 0.274 bits per heavy atom. The zero-order valence-electron chi connectivity index (χ0n) is 73.5. The van der Waals surface area contributed by atoms with Crippen molar-refractivity contribution in [3.05, 3.63) is 243 Å². The van der Waals surface area contributed by atoms with Crippen molar-refractivity contribution < 1.29 is 0 Å². The zero-order valence-corrected chi connectivity index (χ0v) is 73.5. The van der Waals surface area contributed by atoms with E-state index in [1.807, 2.05) is 0 Å². The highest BCUT2D eigenvalue weighted by Crippen LogP contribution is 2.55. The van der Waals surface area contributed by atoms with E-state index < -0.39 is 0 Å². The van der Waals surface area contributed by atoms with Crippen LogP contribution in [-0.4, -0.2) is 22.8 Å². The topological polar surface area (TPSA) is 48.4 Å². The van der Waals surface area contributed by atoms with Crippen LogP contribution in [0.15, 0.2) is 182 Å². The molecule has 0 spiro atoms. The van der Waals surface area contributed by atoms with Crippen LogP contribution in [-0.2, 0) is 54.1 Å². The van der Waals surface area contributed by atoms with Gasteiger partial charge in [0.15, 0.2) is 0 Å². The van der Waals surface area contributed by atoms with E-state index in [0.29, 0.717) is 5.56 Å². The average molecular weight is 1490 g/mol. The number of hydrogen-bond donors (Lipinski definition) is 0. The SMILES string of the molecule is CC(C)(C)c1ccc2c(c1)c1cc(C(C)(C)C)ccc1n2-c1c(C#N)c(-n2c3ccc(C(C)(C)C)cc3c3cc(C(C)(C)C)ccc32)c(-n2c3ccc(C(C)(C)C)cc3c3cc(C(C)(C)C)ccc32)c(-n2c3ccc(C(C)(C)C)cc3c3cc(C(C)(C)C)ccc32)c1-n1c2ccc(C(C)(C)C)cc2c2cc(C(C)(C)C)ccc21. The molecule has 11 aromatic carbocycles. The standard InChI is InChI=1S/C107H120N6/c1-98(2,3)62-31-41-83-72(51-62)73-52-63(99(4,5)6)32-42-84(73)109(83)93-82(61-108)94(110-85-43-33-64(100(7,8)9)53-74(85)75-54-65(101(10,11)12)34-44-86(75)110)96(112-89-47-37-68(104(19,20)21)57-78(89)79-58-69(105(22,23)24)38-48-90(79)112)97(113-91-49-39-70(106(25,26)27)59-80(91)81-60-71(107(28,29)30)40-50-92(81)113)95(93)111-87-45-35-66(102(13,14)15)55-76(87)77-56-67(103(16,17)18)36-46-88(77)111/h31-60H,1-30H3. The third-order valence-corrected chi connectivity index (χ3v) is 25.1. The fraction of sp³-hybridized carbons (Fsp3) is 0.374. The first kappa shape index (κ1) is 76.9. The summed E-state index contributed by atoms with van der Waals surface area (Å²) in [6, 6.07) is 76.2. The van der Waals surface area contributed by atoms with E-state index >= 15 is 0 Å². The minimum atomic E-state index is -0.191. The molecular formula is C107H120N6. The van der Waals surface area contributed by atoms with Gasteiger partial charge in [0.25, 0.3) is 0 Å². The van der Waals surface area contributed by atoms with Crippen molar-refractivity contribution in [2.45, 2.75) is 262 Å². The van der Waals surface area contributed by atoms with E-state index in [9.17, 15) is 5.26 Å². The van der Waals surface area contributed by atoms with Gasteiger partial charge in [-0.3, -0.25) is 0 Å². The monoisotopic (exact) mass is 1490 g/mol. The van der Waals surface area contributed by atoms with Crippen molar-refractivity contribution in [2.75, 3.05) is 0 Å². The first-order chi connectivity index (χ1) is 52.3. The van der Waals surface area contributed by atoms with E-state index in [4.69, 9.17) is 0 Å². The van der Waals surface area contributed by atoms with Crippen LogP contribution in [0.3, 0.4) is 0 Å². The van der Waals surface area contributed by atoms with Crippen LogP contribution in [0.5, 0.6) is 0 Å². The number of nitrogens with zero attached hydrogens (tertiary/aromatic N) is 6. The third-order valence-electron chi connectivity index (χ3n) is 25.1. The van der Waals surface area contributed by atoms with Gasteiger partial charge < -0.3 is 22.8 Å². The Morgan fingerprint density at radius 1 is 0.168 bits per heavy atom. The van der Waals surface area contributed by atoms with E-state index in [0.717, 1.165) is 127 Å². The van der Waals surface area contributed by atoms with Gasteiger partial charge in [0, 0.05) is 53.9 Å². The molecule has 5 aromatic heterocycles. The Bertz CT molecular complexity index is 6060. The average Bonchev–Trinajstić information content (AvgIpc) is 1.55. The largest absolute Gasteiger partial charge is 0.306 e. The maximum Gasteiger partial charge on any atom is 0.105 e. The lowest BCUT2D eigenvalue weighted by molar-refractivity contribution is 0.590. The maximum atomic E-state index is 14.2. The molecule has 113 heavy (non-hydrogen) atoms. The minimum absolute atomic E-state index is 0.188. The van der Waals surface area contributed by atoms with Crippen molar-refractivity contribution in [3.8, 4) is 34.5 Å². The van der Waals surface area contributed by atoms with Gasteiger partial charge in [0.1, 0.15) is 11.6 Å². The van der Waals surface area contributed by atoms with E-state index in [2.05, 4.69) is 419 Å². The second kappa shape index (κ2) is 25.0. The molecule has 0 atom stereocenters. The van der Waals surface area contributed by atoms with Crippen molar-refractivity contribution >= 4 is 109 Å². The summed E-state index contributed by atoms with van der Waals surface area (Å²) in [5, 5.41) is 25.7. The highest BCUT2D eigenvalue weighted by atomic mass is 15.2. The molecule has 6 heteroatoms. The molecule has 5 heterocycles. The summed E-state index contributed by atoms with van der Waals surface area (Å²) in [7, 11) is 0. The first-order valence-electron chi connectivity index (χ1n) is 41.5. The Kier molecular flexibility index (Phi) is 17.0. The number of aromatic nitrogens is 5. The van der Waals surface area contributed by atoms with Crippen LogP contribution in [0.2, 0.25) is 0 Å². The maximum absolute atomic E-state index is 14.2. The van der Waals surface area contributed by atoms with Gasteiger partial charge in [0.05, 0.1) is 83.6 Å². The molecule has 0 radical (unpaired) electrons. The Morgan fingerprint density at radius 3 is 0.381 bits per heavy atom. The van der Waals surface area contributed by atoms with Gasteiger partial charge in [-0.15, -0.1) is 0 Å². The molecule has 6 nitrogen and oxygen atoms in total. The smallest absolute Gasteiger partial charge is 0.105 e. The molecule has 0 N–H and O–H groups in total. The molecule has 16 rings (SSSR count). The number of rotatable bonds is 5. The van der Waals surface area contributed by atoms with Crippen LogP contribution < -0.4 is 0 Å². The highest BCUT2D eigenvalue weighted by molar-refractivity contribution is 6.19. The van der Waals surface area contributed by atoms with Gasteiger partial charge in [0.2, 0.25) is 0 Å². The molecule has 0 saturated heterocycles. The molecule has 16 aromatic rings. The summed E-state index contributed by atoms with van der Waals surface area (Å²) < 4.78 is 13.1. The molecule has 0 unspecified atom stereocenters. The normalized spacial score (nSPS) is 13.7. The summed E-state index contributed by atoms with van der Waals surface area (Å²) in [6.07, 6.45) is 0. The zero-order chi connectivity index (χ0) is 81.6. The van der Waals surface area contributed by atoms with Gasteiger partial charge in [-0.25, -0.2) is 0 Å². The van der Waals surface area contributed by atoms with Crippen molar-refractivity contribution in [2.24, 2.45) is 0 Å². The summed E-state index contributed by atoms with van der Waals surface area (Å²) in [5.41, 5.74) is 25.9. The van der Waals surface area contributed by atoms with Crippen LogP contribution in [0.25, 0.3) is 137 Å². The van der Waals surface area contributed by atoms with Crippen molar-refractivity contribution in [3.63, 3.8) is 0 Å². The van der Waals surface area contributed by atoms with Crippen LogP contribution in [0.1, 0.15) is 269 Å². The van der Waals surface area contributed by atoms with Crippen LogP contribution in [0.4, 0.5) is 0 Å². The second-order valence-electron chi connectivity index (χ2n) is 43.7. The Balaban J connectivity index is 1.33. The summed E-state index contributed by atoms with van der Waals surface area (Å²) in [5.74, 6) is 0. The molecule has 0 aliphatic heterocycles. The van der Waals surface area contributed by atoms with E-state index in [-0.39, 0.29) is 54.1 Å². The fourth-order valence-electron chi connectivity index (χ4n) is 17.8. The summed E-state index contributed by atoms with van der Waals surface area (Å²) in [4.78, 5) is 0. The second-order valence-corrected chi connectivity index (χ2v) is 43.7. The Labute approximate surface area is 672 Å². The fourth-order valence-corrected chi connectivity index (χ4v) is 17.8. The molecule has 578 valence electrons. The van der Waals surface area contributed by atoms with E-state index in [1.54, 1.807) is 0 Å². The third kappa shape index (κ3) is 12.4. The highest BCUT2D eigenvalue weighted by Gasteiger charge is 2.39. The lowest BCUT2D eigenvalue weighted by atomic mass is 9.85. The molecule has 0 amide bonds.